The third-order valence-corrected chi connectivity index (χ3v) is 5.83. The van der Waals surface area contributed by atoms with Crippen molar-refractivity contribution in [3.63, 3.8) is 0 Å². The molecule has 0 aromatic heterocycles. The van der Waals surface area contributed by atoms with E-state index in [1.807, 2.05) is 18.2 Å². The second-order valence-corrected chi connectivity index (χ2v) is 7.15. The van der Waals surface area contributed by atoms with Crippen LogP contribution in [0.1, 0.15) is 27.8 Å². The predicted molar refractivity (Wildman–Crippen MR) is 108 cm³/mol. The first-order valence-electron chi connectivity index (χ1n) is 8.63. The number of hydrogen-bond donors (Lipinski definition) is 1. The summed E-state index contributed by atoms with van der Waals surface area (Å²) in [4.78, 5) is 15.3. The van der Waals surface area contributed by atoms with Crippen molar-refractivity contribution in [2.75, 3.05) is 0 Å². The molecule has 1 aliphatic rings. The van der Waals surface area contributed by atoms with Crippen LogP contribution in [0.2, 0.25) is 5.02 Å². The van der Waals surface area contributed by atoms with Gasteiger partial charge in [-0.15, -0.1) is 0 Å². The number of aryl methyl sites for hydroxylation is 2. The maximum atomic E-state index is 11.3. The molecular weight excluding hydrogens is 364 g/mol. The van der Waals surface area contributed by atoms with Crippen molar-refractivity contribution < 1.29 is 10.0 Å². The highest BCUT2D eigenvalue weighted by Gasteiger charge is 2.25. The molecule has 0 amide bonds. The third-order valence-electron chi connectivity index (χ3n) is 5.27. The van der Waals surface area contributed by atoms with Gasteiger partial charge in [-0.3, -0.25) is 15.1 Å². The molecule has 0 unspecified atom stereocenters. The van der Waals surface area contributed by atoms with Crippen LogP contribution in [0, 0.1) is 24.0 Å². The summed E-state index contributed by atoms with van der Waals surface area (Å²) in [6, 6.07) is 10.2. The Hall–Kier alpha value is -2.92. The molecule has 1 aliphatic carbocycles. The lowest BCUT2D eigenvalue weighted by molar-refractivity contribution is -0.386. The monoisotopic (exact) mass is 380 g/mol. The fourth-order valence-electron chi connectivity index (χ4n) is 3.85. The molecule has 4 rings (SSSR count). The minimum atomic E-state index is -0.619. The van der Waals surface area contributed by atoms with Gasteiger partial charge in [0.1, 0.15) is 0 Å². The van der Waals surface area contributed by atoms with E-state index in [1.165, 1.54) is 29.7 Å². The minimum absolute atomic E-state index is 0.249. The topological polar surface area (TPSA) is 75.7 Å². The number of aliphatic imine (C=N–C) groups is 1. The molecule has 27 heavy (non-hydrogen) atoms. The zero-order valence-corrected chi connectivity index (χ0v) is 15.7. The molecule has 0 bridgehead atoms. The summed E-state index contributed by atoms with van der Waals surface area (Å²) in [6.45, 7) is 3.24. The van der Waals surface area contributed by atoms with E-state index in [2.05, 4.69) is 17.1 Å². The van der Waals surface area contributed by atoms with Crippen molar-refractivity contribution in [2.24, 2.45) is 4.99 Å². The molecule has 0 atom stereocenters. The number of phenolic OH excluding ortho intramolecular Hbond substituents is 1. The summed E-state index contributed by atoms with van der Waals surface area (Å²) < 4.78 is 0. The highest BCUT2D eigenvalue weighted by atomic mass is 35.5. The van der Waals surface area contributed by atoms with Crippen LogP contribution in [0.4, 0.5) is 11.4 Å². The Kier molecular flexibility index (Phi) is 4.12. The van der Waals surface area contributed by atoms with Crippen molar-refractivity contribution in [1.29, 1.82) is 0 Å². The number of aromatic hydroxyl groups is 1. The van der Waals surface area contributed by atoms with Crippen molar-refractivity contribution in [1.82, 2.24) is 0 Å². The van der Waals surface area contributed by atoms with Crippen LogP contribution in [-0.4, -0.2) is 16.2 Å². The average molecular weight is 381 g/mol. The van der Waals surface area contributed by atoms with Crippen LogP contribution in [0.5, 0.6) is 5.75 Å². The van der Waals surface area contributed by atoms with Gasteiger partial charge in [0.2, 0.25) is 5.75 Å². The van der Waals surface area contributed by atoms with E-state index in [1.54, 1.807) is 6.92 Å². The number of hydrogen-bond acceptors (Lipinski definition) is 4. The van der Waals surface area contributed by atoms with Gasteiger partial charge in [-0.05, 0) is 54.8 Å². The van der Waals surface area contributed by atoms with Gasteiger partial charge < -0.3 is 5.11 Å². The molecular formula is C21H17ClN2O3. The molecule has 0 fully saturated rings. The molecule has 0 aliphatic heterocycles. The Balaban J connectivity index is 1.88. The Labute approximate surface area is 161 Å². The molecule has 0 saturated carbocycles. The smallest absolute Gasteiger partial charge is 0.315 e. The molecule has 1 N–H and O–H groups in total. The van der Waals surface area contributed by atoms with Gasteiger partial charge in [-0.1, -0.05) is 35.9 Å². The normalized spacial score (nSPS) is 13.0. The first kappa shape index (κ1) is 17.5. The van der Waals surface area contributed by atoms with Crippen molar-refractivity contribution in [2.45, 2.75) is 26.7 Å². The predicted octanol–water partition coefficient (Wildman–Crippen LogP) is 5.57. The second-order valence-electron chi connectivity index (χ2n) is 6.77. The molecule has 0 spiro atoms. The number of rotatable bonds is 3. The summed E-state index contributed by atoms with van der Waals surface area (Å²) in [5, 5.41) is 24.3. The highest BCUT2D eigenvalue weighted by molar-refractivity contribution is 6.33. The van der Waals surface area contributed by atoms with Crippen LogP contribution < -0.4 is 0 Å². The molecule has 3 aromatic rings. The van der Waals surface area contributed by atoms with Crippen molar-refractivity contribution >= 4 is 40.0 Å². The van der Waals surface area contributed by atoms with E-state index >= 15 is 0 Å². The van der Waals surface area contributed by atoms with Gasteiger partial charge in [0.25, 0.3) is 0 Å². The summed E-state index contributed by atoms with van der Waals surface area (Å²) in [7, 11) is 0. The Morgan fingerprint density at radius 2 is 1.85 bits per heavy atom. The van der Waals surface area contributed by atoms with E-state index in [9.17, 15) is 15.2 Å². The lowest BCUT2D eigenvalue weighted by Crippen LogP contribution is -2.00. The minimum Gasteiger partial charge on any atom is -0.502 e. The van der Waals surface area contributed by atoms with E-state index in [0.29, 0.717) is 5.56 Å². The van der Waals surface area contributed by atoms with Gasteiger partial charge in [0.15, 0.2) is 0 Å². The number of nitro groups is 1. The maximum Gasteiger partial charge on any atom is 0.315 e. The van der Waals surface area contributed by atoms with Gasteiger partial charge >= 0.3 is 5.69 Å². The van der Waals surface area contributed by atoms with Gasteiger partial charge in [-0.2, -0.15) is 0 Å². The van der Waals surface area contributed by atoms with Gasteiger partial charge in [-0.25, -0.2) is 0 Å². The molecule has 5 nitrogen and oxygen atoms in total. The Bertz CT molecular complexity index is 1140. The lowest BCUT2D eigenvalue weighted by Gasteiger charge is -2.10. The van der Waals surface area contributed by atoms with Crippen LogP contribution in [0.15, 0.2) is 35.3 Å². The quantitative estimate of drug-likeness (QED) is 0.366. The van der Waals surface area contributed by atoms with Crippen LogP contribution in [0.25, 0.3) is 10.8 Å². The average Bonchev–Trinajstić information content (AvgIpc) is 3.06. The van der Waals surface area contributed by atoms with Crippen molar-refractivity contribution in [3.05, 3.63) is 73.3 Å². The second kappa shape index (κ2) is 6.35. The first-order chi connectivity index (χ1) is 12.9. The molecule has 3 aromatic carbocycles. The third kappa shape index (κ3) is 2.66. The molecule has 136 valence electrons. The van der Waals surface area contributed by atoms with E-state index in [-0.39, 0.29) is 21.8 Å². The number of phenols is 1. The molecule has 6 heteroatoms. The largest absolute Gasteiger partial charge is 0.502 e. The summed E-state index contributed by atoms with van der Waals surface area (Å²) in [5.41, 5.74) is 4.08. The first-order valence-corrected chi connectivity index (χ1v) is 9.01. The van der Waals surface area contributed by atoms with Crippen LogP contribution in [-0.2, 0) is 12.8 Å². The molecule has 0 radical (unpaired) electrons. The number of nitro benzene ring substituents is 1. The summed E-state index contributed by atoms with van der Waals surface area (Å²) in [5.74, 6) is -0.408. The standard InChI is InChI=1S/C21H17ClN2O3/c1-11-16(21(25)20(24(26)27)12(2)19(11)22)10-23-17-9-8-14-7-6-13-4-3-5-15(17)18(13)14/h3-5,8-10,25H,6-7H2,1-2H3. The Morgan fingerprint density at radius 3 is 2.56 bits per heavy atom. The maximum absolute atomic E-state index is 11.3. The Morgan fingerprint density at radius 1 is 1.15 bits per heavy atom. The summed E-state index contributed by atoms with van der Waals surface area (Å²) >= 11 is 6.25. The zero-order valence-electron chi connectivity index (χ0n) is 14.9. The number of halogens is 1. The zero-order chi connectivity index (χ0) is 19.3. The van der Waals surface area contributed by atoms with E-state index < -0.39 is 10.7 Å². The van der Waals surface area contributed by atoms with Crippen LogP contribution in [0.3, 0.4) is 0 Å². The fraction of sp³-hybridized carbons (Fsp3) is 0.190. The summed E-state index contributed by atoms with van der Waals surface area (Å²) in [6.07, 6.45) is 3.51. The SMILES string of the molecule is Cc1c(Cl)c(C)c([N+](=O)[O-])c(O)c1C=Nc1ccc2c3c(cccc13)CC2. The fourth-order valence-corrected chi connectivity index (χ4v) is 4.04. The molecule has 0 heterocycles. The lowest BCUT2D eigenvalue weighted by atomic mass is 10.0. The highest BCUT2D eigenvalue weighted by Crippen LogP contribution is 2.41. The van der Waals surface area contributed by atoms with E-state index in [4.69, 9.17) is 11.6 Å². The van der Waals surface area contributed by atoms with Gasteiger partial charge in [0, 0.05) is 22.7 Å². The van der Waals surface area contributed by atoms with Gasteiger partial charge in [0.05, 0.1) is 15.6 Å². The van der Waals surface area contributed by atoms with E-state index in [0.717, 1.165) is 23.9 Å². The number of nitrogens with zero attached hydrogens (tertiary/aromatic N) is 2. The number of benzene rings is 3. The molecule has 0 saturated heterocycles. The van der Waals surface area contributed by atoms with Crippen LogP contribution >= 0.6 is 11.6 Å². The van der Waals surface area contributed by atoms with Crippen molar-refractivity contribution in [3.8, 4) is 5.75 Å².